The topological polar surface area (TPSA) is 72.4 Å². The quantitative estimate of drug-likeness (QED) is 0.568. The third kappa shape index (κ3) is 4.54. The summed E-state index contributed by atoms with van der Waals surface area (Å²) in [7, 11) is 1.33. The predicted octanol–water partition coefficient (Wildman–Crippen LogP) is 4.57. The summed E-state index contributed by atoms with van der Waals surface area (Å²) in [4.78, 5) is 36.2. The van der Waals surface area contributed by atoms with Gasteiger partial charge >= 0.3 is 5.97 Å². The molecule has 1 atom stereocenters. The number of benzene rings is 2. The summed E-state index contributed by atoms with van der Waals surface area (Å²) in [5.41, 5.74) is 5.15. The number of nitrogens with zero attached hydrogens (tertiary/aromatic N) is 3. The van der Waals surface area contributed by atoms with E-state index in [-0.39, 0.29) is 11.8 Å². The Labute approximate surface area is 188 Å². The molecule has 2 heterocycles. The second-order valence-electron chi connectivity index (χ2n) is 8.25. The van der Waals surface area contributed by atoms with E-state index in [1.165, 1.54) is 12.7 Å². The zero-order valence-electron chi connectivity index (χ0n) is 18.7. The Morgan fingerprint density at radius 2 is 1.84 bits per heavy atom. The highest BCUT2D eigenvalue weighted by Gasteiger charge is 2.29. The summed E-state index contributed by atoms with van der Waals surface area (Å²) in [6.07, 6.45) is 3.75. The van der Waals surface area contributed by atoms with Crippen molar-refractivity contribution in [2.45, 2.75) is 32.6 Å². The number of aromatic nitrogens is 2. The lowest BCUT2D eigenvalue weighted by Gasteiger charge is -2.33. The smallest absolute Gasteiger partial charge is 0.337 e. The van der Waals surface area contributed by atoms with Crippen molar-refractivity contribution in [3.63, 3.8) is 0 Å². The summed E-state index contributed by atoms with van der Waals surface area (Å²) < 4.78 is 4.79. The summed E-state index contributed by atoms with van der Waals surface area (Å²) in [5, 5.41) is 0. The molecule has 0 bridgehead atoms. The van der Waals surface area contributed by atoms with Crippen LogP contribution in [0.5, 0.6) is 0 Å². The Morgan fingerprint density at radius 3 is 2.62 bits per heavy atom. The molecule has 1 amide bonds. The average Bonchev–Trinajstić information content (AvgIpc) is 2.83. The van der Waals surface area contributed by atoms with Crippen LogP contribution in [0.4, 0.5) is 0 Å². The van der Waals surface area contributed by atoms with Crippen molar-refractivity contribution in [3.8, 4) is 11.1 Å². The molecule has 164 valence electrons. The van der Waals surface area contributed by atoms with Crippen LogP contribution in [0.3, 0.4) is 0 Å². The molecule has 2 aromatic carbocycles. The highest BCUT2D eigenvalue weighted by molar-refractivity contribution is 5.98. The number of piperidine rings is 1. The lowest BCUT2D eigenvalue weighted by molar-refractivity contribution is 0.0600. The van der Waals surface area contributed by atoms with Gasteiger partial charge in [0.1, 0.15) is 5.82 Å². The highest BCUT2D eigenvalue weighted by atomic mass is 16.5. The SMILES string of the molecule is COC(=O)c1cccc(C(=O)N2CCC[C@@H](c3nc(C)ncc3-c3cccc(C)c3)C2)c1. The molecule has 1 fully saturated rings. The van der Waals surface area contributed by atoms with Crippen molar-refractivity contribution < 1.29 is 14.3 Å². The van der Waals surface area contributed by atoms with Crippen LogP contribution in [0.25, 0.3) is 11.1 Å². The number of carbonyl (C=O) groups excluding carboxylic acids is 2. The molecule has 1 saturated heterocycles. The van der Waals surface area contributed by atoms with Crippen LogP contribution in [-0.2, 0) is 4.74 Å². The molecular formula is C26H27N3O3. The first-order valence-corrected chi connectivity index (χ1v) is 10.8. The van der Waals surface area contributed by atoms with E-state index in [4.69, 9.17) is 9.72 Å². The molecule has 3 aromatic rings. The van der Waals surface area contributed by atoms with Crippen LogP contribution in [-0.4, -0.2) is 46.9 Å². The molecule has 0 saturated carbocycles. The number of likely N-dealkylation sites (tertiary alicyclic amines) is 1. The van der Waals surface area contributed by atoms with Crippen molar-refractivity contribution in [2.24, 2.45) is 0 Å². The van der Waals surface area contributed by atoms with Gasteiger partial charge in [0.05, 0.1) is 18.4 Å². The van der Waals surface area contributed by atoms with Gasteiger partial charge in [-0.05, 0) is 50.5 Å². The Balaban J connectivity index is 1.62. The second-order valence-corrected chi connectivity index (χ2v) is 8.25. The largest absolute Gasteiger partial charge is 0.465 e. The Bertz CT molecular complexity index is 1160. The molecule has 0 spiro atoms. The average molecular weight is 430 g/mol. The zero-order chi connectivity index (χ0) is 22.7. The number of methoxy groups -OCH3 is 1. The van der Waals surface area contributed by atoms with Gasteiger partial charge in [0.25, 0.3) is 5.91 Å². The number of amides is 1. The number of hydrogen-bond donors (Lipinski definition) is 0. The van der Waals surface area contributed by atoms with Gasteiger partial charge in [-0.15, -0.1) is 0 Å². The van der Waals surface area contributed by atoms with E-state index in [1.54, 1.807) is 24.3 Å². The molecule has 0 radical (unpaired) electrons. The number of hydrogen-bond acceptors (Lipinski definition) is 5. The van der Waals surface area contributed by atoms with E-state index in [1.807, 2.05) is 24.1 Å². The summed E-state index contributed by atoms with van der Waals surface area (Å²) >= 11 is 0. The van der Waals surface area contributed by atoms with Gasteiger partial charge in [0, 0.05) is 36.3 Å². The zero-order valence-corrected chi connectivity index (χ0v) is 18.7. The first-order valence-electron chi connectivity index (χ1n) is 10.8. The molecule has 0 N–H and O–H groups in total. The van der Waals surface area contributed by atoms with Gasteiger partial charge < -0.3 is 9.64 Å². The van der Waals surface area contributed by atoms with E-state index < -0.39 is 5.97 Å². The number of aryl methyl sites for hydroxylation is 2. The first kappa shape index (κ1) is 21.7. The van der Waals surface area contributed by atoms with Crippen molar-refractivity contribution in [3.05, 3.63) is 82.9 Å². The van der Waals surface area contributed by atoms with Gasteiger partial charge in [0.15, 0.2) is 0 Å². The Morgan fingerprint density at radius 1 is 1.06 bits per heavy atom. The van der Waals surface area contributed by atoms with Crippen LogP contribution in [0.2, 0.25) is 0 Å². The molecule has 1 aliphatic rings. The third-order valence-corrected chi connectivity index (χ3v) is 5.89. The van der Waals surface area contributed by atoms with Crippen LogP contribution in [0, 0.1) is 13.8 Å². The molecule has 6 nitrogen and oxygen atoms in total. The van der Waals surface area contributed by atoms with Crippen LogP contribution >= 0.6 is 0 Å². The minimum Gasteiger partial charge on any atom is -0.465 e. The second kappa shape index (κ2) is 9.30. The van der Waals surface area contributed by atoms with Crippen LogP contribution in [0.15, 0.2) is 54.7 Å². The summed E-state index contributed by atoms with van der Waals surface area (Å²) in [6.45, 7) is 5.23. The molecule has 6 heteroatoms. The number of ether oxygens (including phenoxy) is 1. The number of esters is 1. The minimum absolute atomic E-state index is 0.0802. The Kier molecular flexibility index (Phi) is 6.30. The molecule has 1 aromatic heterocycles. The third-order valence-electron chi connectivity index (χ3n) is 5.89. The van der Waals surface area contributed by atoms with E-state index in [2.05, 4.69) is 30.1 Å². The van der Waals surface area contributed by atoms with E-state index >= 15 is 0 Å². The van der Waals surface area contributed by atoms with Gasteiger partial charge in [-0.3, -0.25) is 4.79 Å². The fourth-order valence-electron chi connectivity index (χ4n) is 4.30. The normalized spacial score (nSPS) is 16.0. The minimum atomic E-state index is -0.449. The van der Waals surface area contributed by atoms with Gasteiger partial charge in [-0.25, -0.2) is 14.8 Å². The lowest BCUT2D eigenvalue weighted by Crippen LogP contribution is -2.39. The van der Waals surface area contributed by atoms with Crippen LogP contribution in [0.1, 0.15) is 56.6 Å². The van der Waals surface area contributed by atoms with Crippen LogP contribution < -0.4 is 0 Å². The van der Waals surface area contributed by atoms with Gasteiger partial charge in [-0.1, -0.05) is 35.9 Å². The van der Waals surface area contributed by atoms with Crippen molar-refractivity contribution in [1.29, 1.82) is 0 Å². The molecule has 4 rings (SSSR count). The number of carbonyl (C=O) groups is 2. The maximum atomic E-state index is 13.2. The van der Waals surface area contributed by atoms with Crippen molar-refractivity contribution >= 4 is 11.9 Å². The maximum Gasteiger partial charge on any atom is 0.337 e. The summed E-state index contributed by atoms with van der Waals surface area (Å²) in [6, 6.07) is 15.0. The van der Waals surface area contributed by atoms with E-state index in [0.717, 1.165) is 35.5 Å². The maximum absolute atomic E-state index is 13.2. The molecular weight excluding hydrogens is 402 g/mol. The van der Waals surface area contributed by atoms with Crippen molar-refractivity contribution in [2.75, 3.05) is 20.2 Å². The molecule has 0 aliphatic carbocycles. The standard InChI is InChI=1S/C26H27N3O3/c1-17-7-4-8-19(13-17)23-15-27-18(2)28-24(23)22-11-6-12-29(16-22)25(30)20-9-5-10-21(14-20)26(31)32-3/h4-5,7-10,13-15,22H,6,11-12,16H2,1-3H3/t22-/m1/s1. The summed E-state index contributed by atoms with van der Waals surface area (Å²) in [5.74, 6) is 0.318. The van der Waals surface area contributed by atoms with E-state index in [9.17, 15) is 9.59 Å². The monoisotopic (exact) mass is 429 g/mol. The Hall–Kier alpha value is -3.54. The first-order chi connectivity index (χ1) is 15.5. The fraction of sp³-hybridized carbons (Fsp3) is 0.308. The lowest BCUT2D eigenvalue weighted by atomic mass is 9.89. The molecule has 1 aliphatic heterocycles. The van der Waals surface area contributed by atoms with Gasteiger partial charge in [0.2, 0.25) is 0 Å². The molecule has 32 heavy (non-hydrogen) atoms. The number of rotatable bonds is 4. The molecule has 0 unspecified atom stereocenters. The van der Waals surface area contributed by atoms with E-state index in [0.29, 0.717) is 24.2 Å². The fourth-order valence-corrected chi connectivity index (χ4v) is 4.30. The van der Waals surface area contributed by atoms with Gasteiger partial charge in [-0.2, -0.15) is 0 Å². The predicted molar refractivity (Wildman–Crippen MR) is 123 cm³/mol. The highest BCUT2D eigenvalue weighted by Crippen LogP contribution is 2.33. The van der Waals surface area contributed by atoms with Crippen molar-refractivity contribution in [1.82, 2.24) is 14.9 Å².